The van der Waals surface area contributed by atoms with Crippen LogP contribution in [0.2, 0.25) is 0 Å². The number of benzene rings is 2. The molecule has 104 valence electrons. The molecule has 5 nitrogen and oxygen atoms in total. The highest BCUT2D eigenvalue weighted by molar-refractivity contribution is 5.95. The summed E-state index contributed by atoms with van der Waals surface area (Å²) in [7, 11) is 0. The summed E-state index contributed by atoms with van der Waals surface area (Å²) in [5.74, 6) is -0.233. The fourth-order valence-corrected chi connectivity index (χ4v) is 1.87. The minimum absolute atomic E-state index is 0.0154. The summed E-state index contributed by atoms with van der Waals surface area (Å²) >= 11 is 0. The number of carbonyl (C=O) groups is 1. The summed E-state index contributed by atoms with van der Waals surface area (Å²) in [5.41, 5.74) is 12.4. The molecule has 0 aliphatic heterocycles. The van der Waals surface area contributed by atoms with Crippen LogP contribution >= 0.6 is 0 Å². The lowest BCUT2D eigenvalue weighted by Gasteiger charge is -2.15. The summed E-state index contributed by atoms with van der Waals surface area (Å²) in [6, 6.07) is 13.6. The highest BCUT2D eigenvalue weighted by Crippen LogP contribution is 2.23. The number of primary amides is 1. The van der Waals surface area contributed by atoms with Crippen molar-refractivity contribution in [3.05, 3.63) is 59.7 Å². The van der Waals surface area contributed by atoms with E-state index in [4.69, 9.17) is 16.2 Å². The number of nitrogens with two attached hydrogens (primary N) is 2. The highest BCUT2D eigenvalue weighted by atomic mass is 16.5. The molecule has 1 unspecified atom stereocenters. The Balaban J connectivity index is 2.10. The van der Waals surface area contributed by atoms with Gasteiger partial charge in [0, 0.05) is 11.3 Å². The van der Waals surface area contributed by atoms with Crippen molar-refractivity contribution in [2.45, 2.75) is 6.10 Å². The molecule has 2 rings (SSSR count). The summed E-state index contributed by atoms with van der Waals surface area (Å²) in [6.45, 7) is -0.0154. The van der Waals surface area contributed by atoms with Crippen molar-refractivity contribution in [2.24, 2.45) is 5.73 Å². The number of hydrogen-bond donors (Lipinski definition) is 3. The lowest BCUT2D eigenvalue weighted by atomic mass is 10.1. The molecule has 0 bridgehead atoms. The molecule has 0 radical (unpaired) electrons. The topological polar surface area (TPSA) is 98.6 Å². The van der Waals surface area contributed by atoms with E-state index in [9.17, 15) is 9.90 Å². The third-order valence-electron chi connectivity index (χ3n) is 2.90. The van der Waals surface area contributed by atoms with Gasteiger partial charge in [0.05, 0.1) is 5.56 Å². The van der Waals surface area contributed by atoms with Gasteiger partial charge in [-0.3, -0.25) is 4.79 Å². The first-order valence-corrected chi connectivity index (χ1v) is 6.13. The van der Waals surface area contributed by atoms with Crippen molar-refractivity contribution in [3.63, 3.8) is 0 Å². The van der Waals surface area contributed by atoms with Crippen LogP contribution in [0, 0.1) is 0 Å². The van der Waals surface area contributed by atoms with Crippen LogP contribution in [0.4, 0.5) is 5.69 Å². The average Bonchev–Trinajstić information content (AvgIpc) is 2.45. The molecule has 20 heavy (non-hydrogen) atoms. The van der Waals surface area contributed by atoms with Crippen molar-refractivity contribution in [3.8, 4) is 5.75 Å². The second kappa shape index (κ2) is 6.08. The van der Waals surface area contributed by atoms with E-state index >= 15 is 0 Å². The predicted molar refractivity (Wildman–Crippen MR) is 76.3 cm³/mol. The van der Waals surface area contributed by atoms with Crippen LogP contribution in [-0.2, 0) is 0 Å². The van der Waals surface area contributed by atoms with Crippen molar-refractivity contribution in [2.75, 3.05) is 12.3 Å². The van der Waals surface area contributed by atoms with E-state index in [2.05, 4.69) is 0 Å². The number of rotatable bonds is 5. The average molecular weight is 272 g/mol. The largest absolute Gasteiger partial charge is 0.490 e. The molecule has 0 aliphatic carbocycles. The lowest BCUT2D eigenvalue weighted by Crippen LogP contribution is -2.16. The Morgan fingerprint density at radius 3 is 2.50 bits per heavy atom. The predicted octanol–water partition coefficient (Wildman–Crippen LogP) is 1.48. The molecular formula is C15H16N2O3. The van der Waals surface area contributed by atoms with E-state index in [1.165, 1.54) is 0 Å². The van der Waals surface area contributed by atoms with Crippen LogP contribution in [0.15, 0.2) is 48.5 Å². The zero-order chi connectivity index (χ0) is 14.5. The first-order chi connectivity index (χ1) is 9.59. The van der Waals surface area contributed by atoms with E-state index in [0.717, 1.165) is 0 Å². The first kappa shape index (κ1) is 13.9. The standard InChI is InChI=1S/C15H16N2O3/c16-12-7-3-1-5-10(12)13(18)9-20-14-8-4-2-6-11(14)15(17)19/h1-8,13,18H,9,16H2,(H2,17,19). The Morgan fingerprint density at radius 2 is 1.80 bits per heavy atom. The summed E-state index contributed by atoms with van der Waals surface area (Å²) < 4.78 is 5.46. The summed E-state index contributed by atoms with van der Waals surface area (Å²) in [4.78, 5) is 11.3. The maximum Gasteiger partial charge on any atom is 0.252 e. The number of para-hydroxylation sites is 2. The molecule has 2 aromatic rings. The Morgan fingerprint density at radius 1 is 1.15 bits per heavy atom. The second-order valence-electron chi connectivity index (χ2n) is 4.32. The monoisotopic (exact) mass is 272 g/mol. The minimum atomic E-state index is -0.878. The molecule has 1 amide bonds. The number of ether oxygens (including phenoxy) is 1. The number of hydrogen-bond acceptors (Lipinski definition) is 4. The molecule has 0 aliphatic rings. The minimum Gasteiger partial charge on any atom is -0.490 e. The highest BCUT2D eigenvalue weighted by Gasteiger charge is 2.14. The van der Waals surface area contributed by atoms with E-state index in [1.807, 2.05) is 0 Å². The third kappa shape index (κ3) is 3.07. The fraction of sp³-hybridized carbons (Fsp3) is 0.133. The van der Waals surface area contributed by atoms with Gasteiger partial charge >= 0.3 is 0 Å². The van der Waals surface area contributed by atoms with Gasteiger partial charge in [0.25, 0.3) is 5.91 Å². The van der Waals surface area contributed by atoms with Crippen molar-refractivity contribution >= 4 is 11.6 Å². The van der Waals surface area contributed by atoms with Gasteiger partial charge in [-0.15, -0.1) is 0 Å². The summed E-state index contributed by atoms with van der Waals surface area (Å²) in [5, 5.41) is 10.1. The summed E-state index contributed by atoms with van der Waals surface area (Å²) in [6.07, 6.45) is -0.878. The fourth-order valence-electron chi connectivity index (χ4n) is 1.87. The molecular weight excluding hydrogens is 256 g/mol. The molecule has 0 aromatic heterocycles. The van der Waals surface area contributed by atoms with E-state index in [0.29, 0.717) is 17.0 Å². The normalized spacial score (nSPS) is 11.8. The number of carbonyl (C=O) groups excluding carboxylic acids is 1. The smallest absolute Gasteiger partial charge is 0.252 e. The Kier molecular flexibility index (Phi) is 4.22. The van der Waals surface area contributed by atoms with Crippen LogP contribution in [0.1, 0.15) is 22.0 Å². The Hall–Kier alpha value is -2.53. The molecule has 0 saturated heterocycles. The third-order valence-corrected chi connectivity index (χ3v) is 2.90. The van der Waals surface area contributed by atoms with Gasteiger partial charge in [0.15, 0.2) is 0 Å². The van der Waals surface area contributed by atoms with E-state index in [1.54, 1.807) is 48.5 Å². The van der Waals surface area contributed by atoms with E-state index < -0.39 is 12.0 Å². The molecule has 0 heterocycles. The van der Waals surface area contributed by atoms with Gasteiger partial charge in [-0.05, 0) is 18.2 Å². The molecule has 5 N–H and O–H groups in total. The maximum absolute atomic E-state index is 11.3. The van der Waals surface area contributed by atoms with Crippen molar-refractivity contribution in [1.82, 2.24) is 0 Å². The van der Waals surface area contributed by atoms with E-state index in [-0.39, 0.29) is 12.2 Å². The van der Waals surface area contributed by atoms with Crippen LogP contribution in [0.25, 0.3) is 0 Å². The Bertz CT molecular complexity index is 614. The zero-order valence-electron chi connectivity index (χ0n) is 10.8. The number of nitrogen functional groups attached to an aromatic ring is 1. The van der Waals surface area contributed by atoms with Gasteiger partial charge in [-0.1, -0.05) is 30.3 Å². The molecule has 0 fully saturated rings. The number of aliphatic hydroxyl groups excluding tert-OH is 1. The zero-order valence-corrected chi connectivity index (χ0v) is 10.8. The van der Waals surface area contributed by atoms with Gasteiger partial charge in [-0.25, -0.2) is 0 Å². The quantitative estimate of drug-likeness (QED) is 0.718. The van der Waals surface area contributed by atoms with Crippen LogP contribution < -0.4 is 16.2 Å². The van der Waals surface area contributed by atoms with Crippen molar-refractivity contribution in [1.29, 1.82) is 0 Å². The SMILES string of the molecule is NC(=O)c1ccccc1OCC(O)c1ccccc1N. The van der Waals surface area contributed by atoms with Gasteiger partial charge < -0.3 is 21.3 Å². The second-order valence-corrected chi connectivity index (χ2v) is 4.32. The van der Waals surface area contributed by atoms with Gasteiger partial charge in [0.2, 0.25) is 0 Å². The lowest BCUT2D eigenvalue weighted by molar-refractivity contribution is 0.0968. The number of amides is 1. The molecule has 2 aromatic carbocycles. The Labute approximate surface area is 116 Å². The van der Waals surface area contributed by atoms with Crippen LogP contribution in [0.3, 0.4) is 0 Å². The number of aliphatic hydroxyl groups is 1. The van der Waals surface area contributed by atoms with Gasteiger partial charge in [-0.2, -0.15) is 0 Å². The first-order valence-electron chi connectivity index (χ1n) is 6.13. The van der Waals surface area contributed by atoms with Crippen LogP contribution in [0.5, 0.6) is 5.75 Å². The molecule has 5 heteroatoms. The maximum atomic E-state index is 11.3. The number of anilines is 1. The van der Waals surface area contributed by atoms with Crippen molar-refractivity contribution < 1.29 is 14.6 Å². The molecule has 0 saturated carbocycles. The molecule has 1 atom stereocenters. The molecule has 0 spiro atoms. The van der Waals surface area contributed by atoms with Crippen LogP contribution in [-0.4, -0.2) is 17.6 Å². The van der Waals surface area contributed by atoms with Gasteiger partial charge in [0.1, 0.15) is 18.5 Å².